The molecule has 6 heteroatoms. The number of amides is 1. The first-order valence-corrected chi connectivity index (χ1v) is 6.81. The smallest absolute Gasteiger partial charge is 0.266 e. The number of hydrogen-bond donors (Lipinski definition) is 0. The highest BCUT2D eigenvalue weighted by molar-refractivity contribution is 9.10. The lowest BCUT2D eigenvalue weighted by molar-refractivity contribution is 0.101. The molecule has 2 nitrogen and oxygen atoms in total. The van der Waals surface area contributed by atoms with Crippen molar-refractivity contribution < 1.29 is 4.79 Å². The third kappa shape index (κ3) is 3.77. The van der Waals surface area contributed by atoms with Crippen LogP contribution in [0.1, 0.15) is 10.4 Å². The molecule has 1 amide bonds. The maximum atomic E-state index is 11.2. The lowest BCUT2D eigenvalue weighted by Crippen LogP contribution is -1.93. The standard InChI is InChI=1S/C7H4BrCl2NOS/c8-6-3-1-5(2-4-6)7(12)11-13(9)10/h1-4H. The number of nitrogens with zero attached hydrogens (tertiary/aromatic N) is 1. The third-order valence-electron chi connectivity index (χ3n) is 1.24. The van der Waals surface area contributed by atoms with E-state index in [1.807, 2.05) is 0 Å². The molecule has 0 N–H and O–H groups in total. The van der Waals surface area contributed by atoms with Gasteiger partial charge in [0, 0.05) is 10.0 Å². The van der Waals surface area contributed by atoms with Gasteiger partial charge in [-0.05, 0) is 45.6 Å². The van der Waals surface area contributed by atoms with E-state index in [0.29, 0.717) is 5.56 Å². The van der Waals surface area contributed by atoms with Gasteiger partial charge in [0.1, 0.15) is 0 Å². The normalized spacial score (nSPS) is 10.2. The van der Waals surface area contributed by atoms with Crippen molar-refractivity contribution in [2.24, 2.45) is 4.36 Å². The van der Waals surface area contributed by atoms with E-state index < -0.39 is 15.0 Å². The van der Waals surface area contributed by atoms with Crippen LogP contribution in [-0.4, -0.2) is 5.91 Å². The van der Waals surface area contributed by atoms with E-state index in [1.54, 1.807) is 24.3 Å². The third-order valence-corrected chi connectivity index (χ3v) is 2.49. The zero-order valence-corrected chi connectivity index (χ0v) is 10.1. The second-order valence-electron chi connectivity index (χ2n) is 2.10. The largest absolute Gasteiger partial charge is 0.285 e. The van der Waals surface area contributed by atoms with Gasteiger partial charge in [0.25, 0.3) is 5.91 Å². The van der Waals surface area contributed by atoms with Gasteiger partial charge < -0.3 is 0 Å². The molecule has 0 bridgehead atoms. The van der Waals surface area contributed by atoms with Crippen LogP contribution in [0, 0.1) is 0 Å². The van der Waals surface area contributed by atoms with Crippen molar-refractivity contribution in [3.8, 4) is 0 Å². The van der Waals surface area contributed by atoms with Crippen LogP contribution in [0.2, 0.25) is 0 Å². The Labute approximate surface area is 95.5 Å². The van der Waals surface area contributed by atoms with Gasteiger partial charge >= 0.3 is 0 Å². The van der Waals surface area contributed by atoms with Gasteiger partial charge in [0.2, 0.25) is 0 Å². The van der Waals surface area contributed by atoms with Crippen molar-refractivity contribution in [1.29, 1.82) is 0 Å². The maximum Gasteiger partial charge on any atom is 0.285 e. The highest BCUT2D eigenvalue weighted by atomic mass is 79.9. The highest BCUT2D eigenvalue weighted by Crippen LogP contribution is 2.12. The van der Waals surface area contributed by atoms with Crippen molar-refractivity contribution in [3.63, 3.8) is 0 Å². The average Bonchev–Trinajstić information content (AvgIpc) is 2.04. The summed E-state index contributed by atoms with van der Waals surface area (Å²) in [5.74, 6) is -0.402. The lowest BCUT2D eigenvalue weighted by Gasteiger charge is -1.94. The number of benzene rings is 1. The molecule has 0 atom stereocenters. The van der Waals surface area contributed by atoms with Gasteiger partial charge in [-0.2, -0.15) is 4.36 Å². The van der Waals surface area contributed by atoms with Crippen LogP contribution in [-0.2, 0) is 9.12 Å². The molecule has 0 aliphatic rings. The van der Waals surface area contributed by atoms with Gasteiger partial charge in [-0.1, -0.05) is 15.9 Å². The molecule has 1 aromatic rings. The van der Waals surface area contributed by atoms with E-state index in [1.165, 1.54) is 0 Å². The second kappa shape index (κ2) is 5.10. The molecule has 13 heavy (non-hydrogen) atoms. The lowest BCUT2D eigenvalue weighted by atomic mass is 10.2. The van der Waals surface area contributed by atoms with Crippen LogP contribution in [0.15, 0.2) is 33.1 Å². The van der Waals surface area contributed by atoms with Crippen molar-refractivity contribution in [3.05, 3.63) is 34.3 Å². The number of carbonyl (C=O) groups is 1. The zero-order valence-electron chi connectivity index (χ0n) is 6.21. The molecule has 70 valence electrons. The van der Waals surface area contributed by atoms with Crippen LogP contribution in [0.3, 0.4) is 0 Å². The quantitative estimate of drug-likeness (QED) is 0.777. The average molecular weight is 301 g/mol. The Morgan fingerprint density at radius 3 is 2.31 bits per heavy atom. The van der Waals surface area contributed by atoms with Gasteiger partial charge in [-0.3, -0.25) is 4.79 Å². The number of halogens is 3. The second-order valence-corrected chi connectivity index (χ2v) is 5.82. The van der Waals surface area contributed by atoms with Crippen LogP contribution < -0.4 is 0 Å². The van der Waals surface area contributed by atoms with Crippen molar-refractivity contribution in [2.45, 2.75) is 0 Å². The molecule has 0 unspecified atom stereocenters. The highest BCUT2D eigenvalue weighted by Gasteiger charge is 2.03. The molecule has 1 rings (SSSR count). The first-order valence-electron chi connectivity index (χ1n) is 3.18. The van der Waals surface area contributed by atoms with Gasteiger partial charge in [0.05, 0.1) is 9.12 Å². The molecule has 0 saturated heterocycles. The molecule has 0 aliphatic carbocycles. The van der Waals surface area contributed by atoms with Crippen LogP contribution in [0.4, 0.5) is 0 Å². The molecule has 0 aromatic heterocycles. The Hall–Kier alpha value is 0.1000. The summed E-state index contributed by atoms with van der Waals surface area (Å²) in [5, 5.41) is 0. The first kappa shape index (κ1) is 11.2. The van der Waals surface area contributed by atoms with E-state index in [2.05, 4.69) is 20.3 Å². The van der Waals surface area contributed by atoms with Gasteiger partial charge in [0.15, 0.2) is 0 Å². The number of hydrogen-bond acceptors (Lipinski definition) is 1. The fraction of sp³-hybridized carbons (Fsp3) is 0. The van der Waals surface area contributed by atoms with E-state index in [9.17, 15) is 4.79 Å². The van der Waals surface area contributed by atoms with E-state index in [4.69, 9.17) is 21.4 Å². The minimum absolute atomic E-state index is 0.402. The fourth-order valence-electron chi connectivity index (χ4n) is 0.708. The number of carbonyl (C=O) groups excluding carboxylic acids is 1. The van der Waals surface area contributed by atoms with Gasteiger partial charge in [-0.25, -0.2) is 0 Å². The van der Waals surface area contributed by atoms with Crippen LogP contribution in [0.5, 0.6) is 0 Å². The summed E-state index contributed by atoms with van der Waals surface area (Å²) < 4.78 is 4.38. The molecule has 0 aliphatic heterocycles. The maximum absolute atomic E-state index is 11.2. The van der Waals surface area contributed by atoms with E-state index in [-0.39, 0.29) is 0 Å². The summed E-state index contributed by atoms with van der Waals surface area (Å²) in [6, 6.07) is 6.81. The molecule has 0 fully saturated rings. The summed E-state index contributed by atoms with van der Waals surface area (Å²) in [7, 11) is 9.46. The predicted octanol–water partition coefficient (Wildman–Crippen LogP) is 3.70. The van der Waals surface area contributed by atoms with E-state index in [0.717, 1.165) is 4.47 Å². The summed E-state index contributed by atoms with van der Waals surface area (Å²) in [6.07, 6.45) is 0. The Kier molecular flexibility index (Phi) is 4.38. The molecule has 0 saturated carbocycles. The predicted molar refractivity (Wildman–Crippen MR) is 60.0 cm³/mol. The molecule has 0 spiro atoms. The minimum atomic E-state index is -1.24. The van der Waals surface area contributed by atoms with Crippen LogP contribution in [0.25, 0.3) is 0 Å². The minimum Gasteiger partial charge on any atom is -0.266 e. The van der Waals surface area contributed by atoms with Gasteiger partial charge in [-0.15, -0.1) is 0 Å². The summed E-state index contributed by atoms with van der Waals surface area (Å²) in [6.45, 7) is 0. The molecular formula is C7H4BrCl2NOS. The SMILES string of the molecule is O=C(N=S(Cl)Cl)c1ccc(Br)cc1. The number of rotatable bonds is 1. The summed E-state index contributed by atoms with van der Waals surface area (Å²) >= 11 is 3.25. The van der Waals surface area contributed by atoms with E-state index >= 15 is 0 Å². The molecule has 1 aromatic carbocycles. The molecule has 0 radical (unpaired) electrons. The Balaban J connectivity index is 2.90. The Morgan fingerprint density at radius 2 is 1.85 bits per heavy atom. The molecule has 0 heterocycles. The Bertz CT molecular complexity index is 348. The first-order chi connectivity index (χ1) is 6.09. The Morgan fingerprint density at radius 1 is 1.31 bits per heavy atom. The summed E-state index contributed by atoms with van der Waals surface area (Å²) in [4.78, 5) is 11.2. The molecular weight excluding hydrogens is 297 g/mol. The topological polar surface area (TPSA) is 29.4 Å². The van der Waals surface area contributed by atoms with Crippen molar-refractivity contribution >= 4 is 52.3 Å². The van der Waals surface area contributed by atoms with Crippen molar-refractivity contribution in [2.75, 3.05) is 0 Å². The summed E-state index contributed by atoms with van der Waals surface area (Å²) in [5.41, 5.74) is 0.474. The zero-order chi connectivity index (χ0) is 9.84. The monoisotopic (exact) mass is 299 g/mol. The fourth-order valence-corrected chi connectivity index (χ4v) is 1.58. The van der Waals surface area contributed by atoms with Crippen molar-refractivity contribution in [1.82, 2.24) is 0 Å². The van der Waals surface area contributed by atoms with Crippen LogP contribution >= 0.6 is 37.3 Å².